The monoisotopic (exact) mass is 339 g/mol. The average Bonchev–Trinajstić information content (AvgIpc) is 2.45. The summed E-state index contributed by atoms with van der Waals surface area (Å²) in [7, 11) is 0. The summed E-state index contributed by atoms with van der Waals surface area (Å²) in [4.78, 5) is 12.7. The molecule has 1 unspecified atom stereocenters. The van der Waals surface area contributed by atoms with Crippen molar-refractivity contribution in [1.82, 2.24) is 5.32 Å². The molecule has 24 heavy (non-hydrogen) atoms. The summed E-state index contributed by atoms with van der Waals surface area (Å²) in [6, 6.07) is 3.44. The van der Waals surface area contributed by atoms with Crippen molar-refractivity contribution in [2.45, 2.75) is 51.4 Å². The predicted octanol–water partition coefficient (Wildman–Crippen LogP) is 3.55. The highest BCUT2D eigenvalue weighted by Crippen LogP contribution is 2.45. The molecule has 0 aromatic heterocycles. The number of carbonyl (C=O) groups is 1. The van der Waals surface area contributed by atoms with E-state index in [1.807, 2.05) is 0 Å². The molecule has 0 spiro atoms. The van der Waals surface area contributed by atoms with Crippen LogP contribution in [0.15, 0.2) is 18.2 Å². The number of carbonyl (C=O) groups excluding carboxylic acids is 1. The SMILES string of the molecule is CC(C)CC(CCO)CNC(=O)C1(c2ccc(F)cc2F)CCC1. The van der Waals surface area contributed by atoms with Crippen LogP contribution in [0.25, 0.3) is 0 Å². The van der Waals surface area contributed by atoms with Gasteiger partial charge in [-0.25, -0.2) is 8.78 Å². The highest BCUT2D eigenvalue weighted by Gasteiger charge is 2.47. The Kier molecular flexibility index (Phi) is 6.33. The maximum Gasteiger partial charge on any atom is 0.230 e. The van der Waals surface area contributed by atoms with Gasteiger partial charge < -0.3 is 10.4 Å². The number of aliphatic hydroxyl groups is 1. The highest BCUT2D eigenvalue weighted by atomic mass is 19.1. The molecule has 0 heterocycles. The summed E-state index contributed by atoms with van der Waals surface area (Å²) >= 11 is 0. The molecule has 0 bridgehead atoms. The van der Waals surface area contributed by atoms with Gasteiger partial charge in [-0.1, -0.05) is 26.3 Å². The van der Waals surface area contributed by atoms with E-state index in [9.17, 15) is 18.7 Å². The number of amides is 1. The van der Waals surface area contributed by atoms with Crippen LogP contribution < -0.4 is 5.32 Å². The molecular formula is C19H27F2NO2. The first-order chi connectivity index (χ1) is 11.4. The summed E-state index contributed by atoms with van der Waals surface area (Å²) in [5, 5.41) is 12.1. The van der Waals surface area contributed by atoms with E-state index < -0.39 is 17.0 Å². The maximum atomic E-state index is 14.2. The number of hydrogen-bond acceptors (Lipinski definition) is 2. The van der Waals surface area contributed by atoms with E-state index in [4.69, 9.17) is 0 Å². The molecule has 1 aromatic carbocycles. The largest absolute Gasteiger partial charge is 0.396 e. The third-order valence-electron chi connectivity index (χ3n) is 4.98. The Morgan fingerprint density at radius 2 is 2.04 bits per heavy atom. The number of aliphatic hydroxyl groups excluding tert-OH is 1. The van der Waals surface area contributed by atoms with Crippen LogP contribution in [0.5, 0.6) is 0 Å². The zero-order valence-corrected chi connectivity index (χ0v) is 14.4. The smallest absolute Gasteiger partial charge is 0.230 e. The van der Waals surface area contributed by atoms with Gasteiger partial charge in [-0.15, -0.1) is 0 Å². The van der Waals surface area contributed by atoms with Crippen LogP contribution in [0.3, 0.4) is 0 Å². The molecule has 0 radical (unpaired) electrons. The van der Waals surface area contributed by atoms with Crippen molar-refractivity contribution in [1.29, 1.82) is 0 Å². The van der Waals surface area contributed by atoms with Gasteiger partial charge in [-0.2, -0.15) is 0 Å². The van der Waals surface area contributed by atoms with Gasteiger partial charge >= 0.3 is 0 Å². The van der Waals surface area contributed by atoms with Crippen molar-refractivity contribution in [3.8, 4) is 0 Å². The van der Waals surface area contributed by atoms with Crippen LogP contribution in [-0.2, 0) is 10.2 Å². The van der Waals surface area contributed by atoms with E-state index in [1.165, 1.54) is 12.1 Å². The van der Waals surface area contributed by atoms with E-state index in [1.54, 1.807) is 0 Å². The van der Waals surface area contributed by atoms with Crippen molar-refractivity contribution in [3.05, 3.63) is 35.4 Å². The second kappa shape index (κ2) is 8.06. The van der Waals surface area contributed by atoms with Gasteiger partial charge in [-0.05, 0) is 43.6 Å². The predicted molar refractivity (Wildman–Crippen MR) is 89.5 cm³/mol. The lowest BCUT2D eigenvalue weighted by Crippen LogP contribution is -2.50. The number of nitrogens with one attached hydrogen (secondary N) is 1. The van der Waals surface area contributed by atoms with Crippen molar-refractivity contribution >= 4 is 5.91 Å². The first-order valence-corrected chi connectivity index (χ1v) is 8.73. The minimum Gasteiger partial charge on any atom is -0.396 e. The lowest BCUT2D eigenvalue weighted by molar-refractivity contribution is -0.130. The molecule has 2 N–H and O–H groups in total. The summed E-state index contributed by atoms with van der Waals surface area (Å²) < 4.78 is 27.3. The first kappa shape index (κ1) is 18.8. The van der Waals surface area contributed by atoms with Crippen LogP contribution in [0, 0.1) is 23.5 Å². The lowest BCUT2D eigenvalue weighted by atomic mass is 9.63. The standard InChI is InChI=1S/C19H27F2NO2/c1-13(2)10-14(6-9-23)12-22-18(24)19(7-3-8-19)16-5-4-15(20)11-17(16)21/h4-5,11,13-14,23H,3,6-10,12H2,1-2H3,(H,22,24). The molecule has 5 heteroatoms. The molecule has 134 valence electrons. The molecule has 2 rings (SSSR count). The third kappa shape index (κ3) is 4.12. The summed E-state index contributed by atoms with van der Waals surface area (Å²) in [6.07, 6.45) is 3.57. The van der Waals surface area contributed by atoms with E-state index >= 15 is 0 Å². The Balaban J connectivity index is 2.08. The van der Waals surface area contributed by atoms with Crippen LogP contribution >= 0.6 is 0 Å². The molecule has 1 aromatic rings. The zero-order valence-electron chi connectivity index (χ0n) is 14.4. The van der Waals surface area contributed by atoms with Gasteiger partial charge in [0.2, 0.25) is 5.91 Å². The van der Waals surface area contributed by atoms with Crippen molar-refractivity contribution < 1.29 is 18.7 Å². The number of hydrogen-bond donors (Lipinski definition) is 2. The molecule has 0 aliphatic heterocycles. The zero-order chi connectivity index (χ0) is 17.7. The highest BCUT2D eigenvalue weighted by molar-refractivity contribution is 5.89. The summed E-state index contributed by atoms with van der Waals surface area (Å²) in [5.41, 5.74) is -0.588. The summed E-state index contributed by atoms with van der Waals surface area (Å²) in [6.45, 7) is 4.77. The Labute approximate surface area is 142 Å². The fourth-order valence-corrected chi connectivity index (χ4v) is 3.59. The second-order valence-electron chi connectivity index (χ2n) is 7.28. The Morgan fingerprint density at radius 3 is 2.54 bits per heavy atom. The van der Waals surface area contributed by atoms with Gasteiger partial charge in [0.15, 0.2) is 0 Å². The second-order valence-corrected chi connectivity index (χ2v) is 7.28. The van der Waals surface area contributed by atoms with Crippen LogP contribution in [0.2, 0.25) is 0 Å². The van der Waals surface area contributed by atoms with Gasteiger partial charge in [0.25, 0.3) is 0 Å². The number of benzene rings is 1. The van der Waals surface area contributed by atoms with E-state index in [-0.39, 0.29) is 24.0 Å². The fourth-order valence-electron chi connectivity index (χ4n) is 3.59. The molecule has 1 fully saturated rings. The van der Waals surface area contributed by atoms with Crippen LogP contribution in [0.1, 0.15) is 51.5 Å². The Bertz CT molecular complexity index is 570. The van der Waals surface area contributed by atoms with Crippen LogP contribution in [0.4, 0.5) is 8.78 Å². The third-order valence-corrected chi connectivity index (χ3v) is 4.98. The lowest BCUT2D eigenvalue weighted by Gasteiger charge is -2.41. The minimum absolute atomic E-state index is 0.0883. The Hall–Kier alpha value is -1.49. The molecule has 1 saturated carbocycles. The van der Waals surface area contributed by atoms with Gasteiger partial charge in [0.1, 0.15) is 11.6 Å². The number of halogens is 2. The summed E-state index contributed by atoms with van der Waals surface area (Å²) in [5.74, 6) is -0.796. The normalized spacial score (nSPS) is 17.4. The van der Waals surface area contributed by atoms with Crippen LogP contribution in [-0.4, -0.2) is 24.2 Å². The minimum atomic E-state index is -0.876. The quantitative estimate of drug-likeness (QED) is 0.761. The topological polar surface area (TPSA) is 49.3 Å². The van der Waals surface area contributed by atoms with Gasteiger partial charge in [0, 0.05) is 24.8 Å². The molecule has 1 aliphatic rings. The van der Waals surface area contributed by atoms with Crippen molar-refractivity contribution in [2.75, 3.05) is 13.2 Å². The van der Waals surface area contributed by atoms with Gasteiger partial charge in [-0.3, -0.25) is 4.79 Å². The molecular weight excluding hydrogens is 312 g/mol. The molecule has 1 atom stereocenters. The van der Waals surface area contributed by atoms with E-state index in [2.05, 4.69) is 19.2 Å². The van der Waals surface area contributed by atoms with E-state index in [0.29, 0.717) is 31.7 Å². The first-order valence-electron chi connectivity index (χ1n) is 8.73. The van der Waals surface area contributed by atoms with Crippen molar-refractivity contribution in [3.63, 3.8) is 0 Å². The molecule has 1 aliphatic carbocycles. The fraction of sp³-hybridized carbons (Fsp3) is 0.632. The van der Waals surface area contributed by atoms with Gasteiger partial charge in [0.05, 0.1) is 5.41 Å². The molecule has 0 saturated heterocycles. The van der Waals surface area contributed by atoms with E-state index in [0.717, 1.165) is 18.9 Å². The van der Waals surface area contributed by atoms with Crippen molar-refractivity contribution in [2.24, 2.45) is 11.8 Å². The average molecular weight is 339 g/mol. The molecule has 1 amide bonds. The molecule has 3 nitrogen and oxygen atoms in total. The maximum absolute atomic E-state index is 14.2. The Morgan fingerprint density at radius 1 is 1.33 bits per heavy atom. The number of rotatable bonds is 8.